The molecule has 3 amide bonds. The molecular weight excluding hydrogens is 362 g/mol. The fourth-order valence-corrected chi connectivity index (χ4v) is 3.40. The van der Waals surface area contributed by atoms with Crippen LogP contribution in [-0.4, -0.2) is 52.3 Å². The summed E-state index contributed by atoms with van der Waals surface area (Å²) >= 11 is 0. The van der Waals surface area contributed by atoms with Crippen molar-refractivity contribution in [2.75, 3.05) is 13.2 Å². The average molecular weight is 391 g/mol. The first-order valence-corrected chi connectivity index (χ1v) is 9.55. The van der Waals surface area contributed by atoms with Gasteiger partial charge in [0.25, 0.3) is 5.91 Å². The van der Waals surface area contributed by atoms with Crippen LogP contribution in [0.4, 0.5) is 4.79 Å². The summed E-state index contributed by atoms with van der Waals surface area (Å²) in [7, 11) is 0. The molecule has 0 aromatic carbocycles. The number of ether oxygens (including phenoxy) is 1. The molecule has 0 aliphatic carbocycles. The van der Waals surface area contributed by atoms with E-state index in [4.69, 9.17) is 4.74 Å². The highest BCUT2D eigenvalue weighted by Gasteiger charge is 2.48. The van der Waals surface area contributed by atoms with Crippen LogP contribution in [0, 0.1) is 19.8 Å². The molecule has 2 heterocycles. The lowest BCUT2D eigenvalue weighted by molar-refractivity contribution is -0.130. The summed E-state index contributed by atoms with van der Waals surface area (Å²) in [6, 6.07) is -0.573. The van der Waals surface area contributed by atoms with Crippen molar-refractivity contribution in [2.45, 2.75) is 59.9 Å². The van der Waals surface area contributed by atoms with Crippen LogP contribution in [0.5, 0.6) is 0 Å². The predicted molar refractivity (Wildman–Crippen MR) is 103 cm³/mol. The molecule has 1 atom stereocenters. The Kier molecular flexibility index (Phi) is 6.31. The van der Waals surface area contributed by atoms with E-state index < -0.39 is 29.2 Å². The Morgan fingerprint density at radius 1 is 1.21 bits per heavy atom. The molecule has 0 unspecified atom stereocenters. The molecule has 1 aromatic rings. The number of imide groups is 1. The second-order valence-corrected chi connectivity index (χ2v) is 7.85. The van der Waals surface area contributed by atoms with Crippen molar-refractivity contribution in [1.82, 2.24) is 15.2 Å². The van der Waals surface area contributed by atoms with E-state index >= 15 is 0 Å². The summed E-state index contributed by atoms with van der Waals surface area (Å²) in [6.07, 6.45) is 1.29. The van der Waals surface area contributed by atoms with Crippen molar-refractivity contribution in [3.63, 3.8) is 0 Å². The number of esters is 1. The maximum absolute atomic E-state index is 12.8. The maximum Gasteiger partial charge on any atom is 0.340 e. The van der Waals surface area contributed by atoms with Gasteiger partial charge in [-0.3, -0.25) is 14.5 Å². The van der Waals surface area contributed by atoms with Gasteiger partial charge in [0.1, 0.15) is 5.54 Å². The van der Waals surface area contributed by atoms with Gasteiger partial charge in [-0.1, -0.05) is 13.8 Å². The van der Waals surface area contributed by atoms with Gasteiger partial charge in [0.05, 0.1) is 24.4 Å². The summed E-state index contributed by atoms with van der Waals surface area (Å²) in [4.78, 5) is 53.8. The van der Waals surface area contributed by atoms with E-state index in [0.29, 0.717) is 29.2 Å². The molecule has 154 valence electrons. The van der Waals surface area contributed by atoms with E-state index in [9.17, 15) is 19.2 Å². The van der Waals surface area contributed by atoms with E-state index in [0.717, 1.165) is 11.3 Å². The van der Waals surface area contributed by atoms with Gasteiger partial charge in [-0.25, -0.2) is 9.59 Å². The maximum atomic E-state index is 12.8. The van der Waals surface area contributed by atoms with Gasteiger partial charge in [-0.05, 0) is 52.0 Å². The van der Waals surface area contributed by atoms with Crippen LogP contribution in [0.25, 0.3) is 0 Å². The Bertz CT molecular complexity index is 811. The molecule has 0 saturated carbocycles. The third-order valence-electron chi connectivity index (χ3n) is 5.06. The second-order valence-electron chi connectivity index (χ2n) is 7.85. The quantitative estimate of drug-likeness (QED) is 0.402. The standard InChI is InChI=1S/C20H29N3O5/c1-7-28-17(25)15-12(4)16(21-13(15)5)14(24)10-23-18(26)20(6,22-19(23)27)9-8-11(2)3/h11,21H,7-10H2,1-6H3,(H,22,27)/t20-/m1/s1. The molecule has 1 aromatic heterocycles. The highest BCUT2D eigenvalue weighted by atomic mass is 16.5. The number of Topliss-reactive ketones (excluding diaryl/α,β-unsaturated/α-hetero) is 1. The number of hydrogen-bond acceptors (Lipinski definition) is 5. The molecule has 28 heavy (non-hydrogen) atoms. The predicted octanol–water partition coefficient (Wildman–Crippen LogP) is 2.74. The van der Waals surface area contributed by atoms with E-state index in [-0.39, 0.29) is 18.8 Å². The molecule has 1 aliphatic heterocycles. The smallest absolute Gasteiger partial charge is 0.340 e. The van der Waals surface area contributed by atoms with Crippen molar-refractivity contribution >= 4 is 23.7 Å². The number of amides is 3. The lowest BCUT2D eigenvalue weighted by atomic mass is 9.92. The van der Waals surface area contributed by atoms with Crippen LogP contribution >= 0.6 is 0 Å². The van der Waals surface area contributed by atoms with Crippen LogP contribution in [0.1, 0.15) is 72.6 Å². The number of aromatic nitrogens is 1. The first-order valence-electron chi connectivity index (χ1n) is 9.55. The largest absolute Gasteiger partial charge is 0.462 e. The van der Waals surface area contributed by atoms with Crippen LogP contribution in [0.3, 0.4) is 0 Å². The van der Waals surface area contributed by atoms with Gasteiger partial charge in [0.2, 0.25) is 0 Å². The van der Waals surface area contributed by atoms with Gasteiger partial charge < -0.3 is 15.0 Å². The second kappa shape index (κ2) is 8.16. The summed E-state index contributed by atoms with van der Waals surface area (Å²) in [5.41, 5.74) is 0.480. The first-order chi connectivity index (χ1) is 13.0. The van der Waals surface area contributed by atoms with E-state index in [1.165, 1.54) is 0 Å². The normalized spacial score (nSPS) is 19.3. The minimum Gasteiger partial charge on any atom is -0.462 e. The van der Waals surface area contributed by atoms with E-state index in [2.05, 4.69) is 10.3 Å². The molecule has 8 heteroatoms. The zero-order valence-corrected chi connectivity index (χ0v) is 17.4. The number of hydrogen-bond donors (Lipinski definition) is 2. The minimum atomic E-state index is -1.00. The Labute approximate surface area is 165 Å². The van der Waals surface area contributed by atoms with Gasteiger partial charge in [0, 0.05) is 5.69 Å². The highest BCUT2D eigenvalue weighted by Crippen LogP contribution is 2.26. The topological polar surface area (TPSA) is 109 Å². The average Bonchev–Trinajstić information content (AvgIpc) is 3.01. The molecule has 1 saturated heterocycles. The molecule has 1 fully saturated rings. The Balaban J connectivity index is 2.19. The molecule has 2 rings (SSSR count). The Hall–Kier alpha value is -2.64. The van der Waals surface area contributed by atoms with Crippen molar-refractivity contribution in [3.05, 3.63) is 22.5 Å². The fourth-order valence-electron chi connectivity index (χ4n) is 3.40. The lowest BCUT2D eigenvalue weighted by Crippen LogP contribution is -2.44. The molecule has 0 spiro atoms. The molecule has 2 N–H and O–H groups in total. The minimum absolute atomic E-state index is 0.205. The summed E-state index contributed by atoms with van der Waals surface area (Å²) in [5.74, 6) is -0.960. The number of H-pyrrole nitrogens is 1. The Morgan fingerprint density at radius 3 is 2.43 bits per heavy atom. The number of carbonyl (C=O) groups is 4. The van der Waals surface area contributed by atoms with Gasteiger partial charge in [-0.2, -0.15) is 0 Å². The van der Waals surface area contributed by atoms with Gasteiger partial charge in [-0.15, -0.1) is 0 Å². The number of nitrogens with zero attached hydrogens (tertiary/aromatic N) is 1. The molecule has 0 radical (unpaired) electrons. The van der Waals surface area contributed by atoms with Crippen LogP contribution in [0.2, 0.25) is 0 Å². The number of nitrogens with one attached hydrogen (secondary N) is 2. The molecule has 8 nitrogen and oxygen atoms in total. The number of ketones is 1. The zero-order valence-electron chi connectivity index (χ0n) is 17.4. The Morgan fingerprint density at radius 2 is 1.86 bits per heavy atom. The first kappa shape index (κ1) is 21.7. The van der Waals surface area contributed by atoms with Crippen molar-refractivity contribution in [2.24, 2.45) is 5.92 Å². The molecule has 0 bridgehead atoms. The monoisotopic (exact) mass is 391 g/mol. The molecular formula is C20H29N3O5. The number of aryl methyl sites for hydroxylation is 1. The lowest BCUT2D eigenvalue weighted by Gasteiger charge is -2.22. The van der Waals surface area contributed by atoms with Gasteiger partial charge >= 0.3 is 12.0 Å². The van der Waals surface area contributed by atoms with Crippen molar-refractivity contribution in [3.8, 4) is 0 Å². The SMILES string of the molecule is CCOC(=O)c1c(C)[nH]c(C(=O)CN2C(=O)N[C@](C)(CCC(C)C)C2=O)c1C. The van der Waals surface area contributed by atoms with Crippen molar-refractivity contribution < 1.29 is 23.9 Å². The number of urea groups is 1. The number of carbonyl (C=O) groups excluding carboxylic acids is 4. The van der Waals surface area contributed by atoms with E-state index in [1.807, 2.05) is 13.8 Å². The van der Waals surface area contributed by atoms with Crippen LogP contribution < -0.4 is 5.32 Å². The fraction of sp³-hybridized carbons (Fsp3) is 0.600. The van der Waals surface area contributed by atoms with Crippen molar-refractivity contribution in [1.29, 1.82) is 0 Å². The summed E-state index contributed by atoms with van der Waals surface area (Å²) < 4.78 is 5.02. The van der Waals surface area contributed by atoms with Crippen LogP contribution in [-0.2, 0) is 9.53 Å². The highest BCUT2D eigenvalue weighted by molar-refractivity contribution is 6.11. The van der Waals surface area contributed by atoms with E-state index in [1.54, 1.807) is 27.7 Å². The third-order valence-corrected chi connectivity index (χ3v) is 5.06. The zero-order chi connectivity index (χ0) is 21.2. The summed E-state index contributed by atoms with van der Waals surface area (Å²) in [5, 5.41) is 2.71. The third kappa shape index (κ3) is 4.10. The molecule has 1 aliphatic rings. The van der Waals surface area contributed by atoms with Gasteiger partial charge in [0.15, 0.2) is 5.78 Å². The number of aromatic amines is 1. The summed E-state index contributed by atoms with van der Waals surface area (Å²) in [6.45, 7) is 10.6. The van der Waals surface area contributed by atoms with Crippen LogP contribution in [0.15, 0.2) is 0 Å². The number of rotatable bonds is 8.